The van der Waals surface area contributed by atoms with Gasteiger partial charge in [-0.2, -0.15) is 5.10 Å². The van der Waals surface area contributed by atoms with Gasteiger partial charge in [0.1, 0.15) is 11.7 Å². The maximum Gasteiger partial charge on any atom is 0.254 e. The summed E-state index contributed by atoms with van der Waals surface area (Å²) in [4.78, 5) is 26.1. The predicted octanol–water partition coefficient (Wildman–Crippen LogP) is 3.78. The van der Waals surface area contributed by atoms with E-state index in [-0.39, 0.29) is 29.8 Å². The number of nitrogens with zero attached hydrogens (tertiary/aromatic N) is 3. The second-order valence-corrected chi connectivity index (χ2v) is 9.17. The largest absolute Gasteiger partial charge is 0.365 e. The van der Waals surface area contributed by atoms with Gasteiger partial charge in [0.2, 0.25) is 5.91 Å². The van der Waals surface area contributed by atoms with Crippen molar-refractivity contribution in [2.75, 3.05) is 18.4 Å². The molecule has 2 aromatic carbocycles. The van der Waals surface area contributed by atoms with Gasteiger partial charge in [0.05, 0.1) is 6.04 Å². The number of hydrogen-bond acceptors (Lipinski definition) is 4. The van der Waals surface area contributed by atoms with Crippen LogP contribution in [0.5, 0.6) is 0 Å². The first-order valence-corrected chi connectivity index (χ1v) is 11.7. The molecule has 0 radical (unpaired) electrons. The lowest BCUT2D eigenvalue weighted by Crippen LogP contribution is -2.42. The maximum absolute atomic E-state index is 15.2. The minimum atomic E-state index is -1.16. The zero-order valence-electron chi connectivity index (χ0n) is 18.9. The Kier molecular flexibility index (Phi) is 6.15. The highest BCUT2D eigenvalue weighted by Gasteiger charge is 2.34. The van der Waals surface area contributed by atoms with Gasteiger partial charge in [-0.25, -0.2) is 4.39 Å². The number of piperidine rings is 1. The molecule has 3 aromatic rings. The molecule has 0 bridgehead atoms. The SMILES string of the molecule is NC(=O)c1cn(C2CCN(Cc3ccc(-c4ccccc4)cc3)CC2F)nc1NC(=O)C1CC1. The molecule has 2 unspecified atom stereocenters. The molecule has 2 amide bonds. The summed E-state index contributed by atoms with van der Waals surface area (Å²) in [5, 5.41) is 7.01. The van der Waals surface area contributed by atoms with Crippen molar-refractivity contribution in [2.45, 2.75) is 38.0 Å². The van der Waals surface area contributed by atoms with E-state index in [1.807, 2.05) is 18.2 Å². The molecule has 0 spiro atoms. The van der Waals surface area contributed by atoms with Crippen molar-refractivity contribution >= 4 is 17.6 Å². The van der Waals surface area contributed by atoms with Gasteiger partial charge >= 0.3 is 0 Å². The Bertz CT molecular complexity index is 1170. The first-order valence-electron chi connectivity index (χ1n) is 11.7. The quantitative estimate of drug-likeness (QED) is 0.560. The lowest BCUT2D eigenvalue weighted by Gasteiger charge is -2.34. The molecular weight excluding hydrogens is 433 g/mol. The lowest BCUT2D eigenvalue weighted by molar-refractivity contribution is -0.117. The van der Waals surface area contributed by atoms with Gasteiger partial charge in [-0.15, -0.1) is 0 Å². The molecule has 1 aliphatic heterocycles. The van der Waals surface area contributed by atoms with E-state index >= 15 is 4.39 Å². The number of aromatic nitrogens is 2. The maximum atomic E-state index is 15.2. The normalized spacial score (nSPS) is 20.7. The molecule has 5 rings (SSSR count). The van der Waals surface area contributed by atoms with E-state index in [1.54, 1.807) is 0 Å². The summed E-state index contributed by atoms with van der Waals surface area (Å²) in [6, 6.07) is 18.0. The molecule has 1 saturated carbocycles. The van der Waals surface area contributed by atoms with Crippen molar-refractivity contribution in [3.05, 3.63) is 71.9 Å². The van der Waals surface area contributed by atoms with Crippen LogP contribution >= 0.6 is 0 Å². The summed E-state index contributed by atoms with van der Waals surface area (Å²) in [6.45, 7) is 1.62. The molecule has 2 heterocycles. The summed E-state index contributed by atoms with van der Waals surface area (Å²) in [5.74, 6) is -0.774. The standard InChI is InChI=1S/C26H28FN5O2/c27-22-16-31(14-17-6-8-19(9-7-17)18-4-2-1-3-5-18)13-12-23(22)32-15-21(24(28)33)25(30-32)29-26(34)20-10-11-20/h1-9,15,20,22-23H,10-14,16H2,(H2,28,33)(H,29,30,34). The van der Waals surface area contributed by atoms with E-state index in [4.69, 9.17) is 5.73 Å². The number of carbonyl (C=O) groups is 2. The van der Waals surface area contributed by atoms with E-state index in [0.717, 1.165) is 24.0 Å². The number of nitrogens with two attached hydrogens (primary N) is 1. The van der Waals surface area contributed by atoms with Gasteiger partial charge in [0.15, 0.2) is 5.82 Å². The van der Waals surface area contributed by atoms with Crippen LogP contribution < -0.4 is 11.1 Å². The molecule has 8 heteroatoms. The molecule has 176 valence electrons. The smallest absolute Gasteiger partial charge is 0.254 e. The molecule has 34 heavy (non-hydrogen) atoms. The third-order valence-electron chi connectivity index (χ3n) is 6.59. The third-order valence-corrected chi connectivity index (χ3v) is 6.59. The number of nitrogens with one attached hydrogen (secondary N) is 1. The first kappa shape index (κ1) is 22.3. The Morgan fingerprint density at radius 2 is 1.74 bits per heavy atom. The van der Waals surface area contributed by atoms with Crippen molar-refractivity contribution in [3.63, 3.8) is 0 Å². The van der Waals surface area contributed by atoms with Crippen molar-refractivity contribution in [1.29, 1.82) is 0 Å². The van der Waals surface area contributed by atoms with Crippen molar-refractivity contribution < 1.29 is 14.0 Å². The summed E-state index contributed by atoms with van der Waals surface area (Å²) in [5.41, 5.74) is 9.03. The van der Waals surface area contributed by atoms with E-state index in [0.29, 0.717) is 19.5 Å². The highest BCUT2D eigenvalue weighted by atomic mass is 19.1. The molecule has 2 aliphatic rings. The summed E-state index contributed by atoms with van der Waals surface area (Å²) >= 11 is 0. The summed E-state index contributed by atoms with van der Waals surface area (Å²) in [6.07, 6.45) is 2.50. The van der Waals surface area contributed by atoms with Crippen molar-refractivity contribution in [1.82, 2.24) is 14.7 Å². The Hall–Kier alpha value is -3.52. The Morgan fingerprint density at radius 1 is 1.03 bits per heavy atom. The molecule has 1 saturated heterocycles. The van der Waals surface area contributed by atoms with Crippen molar-refractivity contribution in [3.8, 4) is 11.1 Å². The molecular formula is C26H28FN5O2. The van der Waals surface area contributed by atoms with Crippen LogP contribution in [-0.2, 0) is 11.3 Å². The number of alkyl halides is 1. The highest BCUT2D eigenvalue weighted by Crippen LogP contribution is 2.32. The highest BCUT2D eigenvalue weighted by molar-refractivity contribution is 6.02. The van der Waals surface area contributed by atoms with E-state index < -0.39 is 18.1 Å². The fraction of sp³-hybridized carbons (Fsp3) is 0.346. The van der Waals surface area contributed by atoms with Crippen LogP contribution in [0.15, 0.2) is 60.8 Å². The second-order valence-electron chi connectivity index (χ2n) is 9.17. The predicted molar refractivity (Wildman–Crippen MR) is 128 cm³/mol. The fourth-order valence-electron chi connectivity index (χ4n) is 4.49. The zero-order chi connectivity index (χ0) is 23.7. The summed E-state index contributed by atoms with van der Waals surface area (Å²) in [7, 11) is 0. The monoisotopic (exact) mass is 461 g/mol. The zero-order valence-corrected chi connectivity index (χ0v) is 18.9. The van der Waals surface area contributed by atoms with Gasteiger partial charge in [0, 0.05) is 31.7 Å². The molecule has 1 aliphatic carbocycles. The lowest BCUT2D eigenvalue weighted by atomic mass is 10.0. The number of halogens is 1. The van der Waals surface area contributed by atoms with Crippen LogP contribution in [0.3, 0.4) is 0 Å². The van der Waals surface area contributed by atoms with E-state index in [2.05, 4.69) is 51.7 Å². The molecule has 2 fully saturated rings. The van der Waals surface area contributed by atoms with Crippen LogP contribution in [0.1, 0.15) is 41.2 Å². The number of hydrogen-bond donors (Lipinski definition) is 2. The average molecular weight is 462 g/mol. The van der Waals surface area contributed by atoms with Gasteiger partial charge < -0.3 is 11.1 Å². The Morgan fingerprint density at radius 3 is 2.38 bits per heavy atom. The third kappa shape index (κ3) is 4.87. The Balaban J connectivity index is 1.22. The minimum absolute atomic E-state index is 0.0372. The minimum Gasteiger partial charge on any atom is -0.365 e. The second kappa shape index (κ2) is 9.38. The molecule has 7 nitrogen and oxygen atoms in total. The van der Waals surface area contributed by atoms with Gasteiger partial charge in [0.25, 0.3) is 5.91 Å². The molecule has 2 atom stereocenters. The fourth-order valence-corrected chi connectivity index (χ4v) is 4.49. The van der Waals surface area contributed by atoms with Gasteiger partial charge in [-0.1, -0.05) is 54.6 Å². The Labute approximate surface area is 197 Å². The number of likely N-dealkylation sites (tertiary alicyclic amines) is 1. The van der Waals surface area contributed by atoms with Crippen LogP contribution in [0, 0.1) is 5.92 Å². The number of amides is 2. The van der Waals surface area contributed by atoms with Crippen LogP contribution in [0.25, 0.3) is 11.1 Å². The van der Waals surface area contributed by atoms with Crippen LogP contribution in [-0.4, -0.2) is 45.8 Å². The number of carbonyl (C=O) groups excluding carboxylic acids is 2. The average Bonchev–Trinajstić information content (AvgIpc) is 3.61. The molecule has 3 N–H and O–H groups in total. The van der Waals surface area contributed by atoms with Gasteiger partial charge in [-0.3, -0.25) is 19.2 Å². The first-order chi connectivity index (χ1) is 16.5. The topological polar surface area (TPSA) is 93.2 Å². The van der Waals surface area contributed by atoms with Gasteiger partial charge in [-0.05, 0) is 36.0 Å². The number of benzene rings is 2. The number of anilines is 1. The van der Waals surface area contributed by atoms with Crippen molar-refractivity contribution in [2.24, 2.45) is 11.7 Å². The van der Waals surface area contributed by atoms with Crippen LogP contribution in [0.2, 0.25) is 0 Å². The van der Waals surface area contributed by atoms with E-state index in [9.17, 15) is 9.59 Å². The molecule has 1 aromatic heterocycles. The van der Waals surface area contributed by atoms with E-state index in [1.165, 1.54) is 16.4 Å². The summed E-state index contributed by atoms with van der Waals surface area (Å²) < 4.78 is 16.7. The number of primary amides is 1. The number of rotatable bonds is 7. The van der Waals surface area contributed by atoms with Crippen LogP contribution in [0.4, 0.5) is 10.2 Å².